The summed E-state index contributed by atoms with van der Waals surface area (Å²) >= 11 is 0. The number of hydrogen-bond donors (Lipinski definition) is 0. The molecule has 0 radical (unpaired) electrons. The monoisotopic (exact) mass is 301 g/mol. The number of benzene rings is 1. The molecular formula is C19H27NO2. The maximum atomic E-state index is 6.64. The molecule has 3 heterocycles. The molecule has 4 rings (SSSR count). The molecule has 3 heteroatoms. The van der Waals surface area contributed by atoms with Gasteiger partial charge in [0.15, 0.2) is 0 Å². The fraction of sp³-hybridized carbons (Fsp3) is 0.684. The number of hydrogen-bond acceptors (Lipinski definition) is 3. The maximum Gasteiger partial charge on any atom is 0.125 e. The lowest BCUT2D eigenvalue weighted by molar-refractivity contribution is -0.163. The second-order valence-corrected chi connectivity index (χ2v) is 7.87. The zero-order valence-corrected chi connectivity index (χ0v) is 14.1. The van der Waals surface area contributed by atoms with E-state index in [0.717, 1.165) is 18.7 Å². The highest BCUT2D eigenvalue weighted by Crippen LogP contribution is 2.52. The van der Waals surface area contributed by atoms with Crippen molar-refractivity contribution in [2.45, 2.75) is 70.4 Å². The number of nitrogens with zero attached hydrogens (tertiary/aromatic N) is 1. The Bertz CT molecular complexity index is 568. The minimum Gasteiger partial charge on any atom is -0.487 e. The minimum absolute atomic E-state index is 0.171. The summed E-state index contributed by atoms with van der Waals surface area (Å²) in [6.07, 6.45) is 2.91. The van der Waals surface area contributed by atoms with Crippen LogP contribution in [0.2, 0.25) is 0 Å². The quantitative estimate of drug-likeness (QED) is 0.788. The van der Waals surface area contributed by atoms with Crippen molar-refractivity contribution < 1.29 is 9.47 Å². The highest BCUT2D eigenvalue weighted by atomic mass is 16.5. The molecule has 4 atom stereocenters. The second kappa shape index (κ2) is 4.97. The molecule has 0 saturated carbocycles. The number of para-hydroxylation sites is 1. The van der Waals surface area contributed by atoms with E-state index in [0.29, 0.717) is 24.1 Å². The summed E-state index contributed by atoms with van der Waals surface area (Å²) in [4.78, 5) is 2.62. The van der Waals surface area contributed by atoms with E-state index in [1.54, 1.807) is 0 Å². The first kappa shape index (κ1) is 14.5. The van der Waals surface area contributed by atoms with Crippen molar-refractivity contribution in [3.63, 3.8) is 0 Å². The van der Waals surface area contributed by atoms with E-state index in [9.17, 15) is 0 Å². The molecule has 3 aliphatic heterocycles. The van der Waals surface area contributed by atoms with Gasteiger partial charge < -0.3 is 9.47 Å². The third-order valence-corrected chi connectivity index (χ3v) is 5.86. The Morgan fingerprint density at radius 3 is 2.77 bits per heavy atom. The first-order chi connectivity index (χ1) is 10.5. The molecule has 0 amide bonds. The molecule has 1 aromatic rings. The smallest absolute Gasteiger partial charge is 0.125 e. The van der Waals surface area contributed by atoms with Crippen LogP contribution < -0.4 is 4.74 Å². The highest BCUT2D eigenvalue weighted by Gasteiger charge is 2.53. The van der Waals surface area contributed by atoms with Crippen molar-refractivity contribution >= 4 is 0 Å². The van der Waals surface area contributed by atoms with E-state index in [2.05, 4.69) is 56.9 Å². The first-order valence-electron chi connectivity index (χ1n) is 8.66. The van der Waals surface area contributed by atoms with Gasteiger partial charge in [0.1, 0.15) is 11.4 Å². The SMILES string of the molecule is CC(C)N1CC[C@H]2O[C@H]3c4ccccc4OC(C)(C)[C@@H]3C[C@H]21. The predicted molar refractivity (Wildman–Crippen MR) is 87.1 cm³/mol. The van der Waals surface area contributed by atoms with Gasteiger partial charge >= 0.3 is 0 Å². The van der Waals surface area contributed by atoms with Gasteiger partial charge in [-0.3, -0.25) is 4.90 Å². The lowest BCUT2D eigenvalue weighted by Gasteiger charge is -2.51. The number of ether oxygens (including phenoxy) is 2. The largest absolute Gasteiger partial charge is 0.487 e. The molecule has 0 aromatic heterocycles. The van der Waals surface area contributed by atoms with Gasteiger partial charge in [0.05, 0.1) is 12.2 Å². The summed E-state index contributed by atoms with van der Waals surface area (Å²) in [5.74, 6) is 1.42. The molecular weight excluding hydrogens is 274 g/mol. The van der Waals surface area contributed by atoms with Crippen LogP contribution in [0.15, 0.2) is 24.3 Å². The Hall–Kier alpha value is -1.06. The summed E-state index contributed by atoms with van der Waals surface area (Å²) in [7, 11) is 0. The van der Waals surface area contributed by atoms with Crippen LogP contribution in [0.5, 0.6) is 5.75 Å². The van der Waals surface area contributed by atoms with Gasteiger partial charge in [0.2, 0.25) is 0 Å². The van der Waals surface area contributed by atoms with Crippen molar-refractivity contribution in [1.82, 2.24) is 4.90 Å². The zero-order valence-electron chi connectivity index (χ0n) is 14.1. The van der Waals surface area contributed by atoms with Crippen molar-refractivity contribution in [2.75, 3.05) is 6.54 Å². The lowest BCUT2D eigenvalue weighted by atomic mass is 9.74. The van der Waals surface area contributed by atoms with E-state index < -0.39 is 0 Å². The van der Waals surface area contributed by atoms with E-state index >= 15 is 0 Å². The van der Waals surface area contributed by atoms with E-state index in [1.165, 1.54) is 12.0 Å². The molecule has 3 nitrogen and oxygen atoms in total. The Balaban J connectivity index is 1.70. The minimum atomic E-state index is -0.171. The summed E-state index contributed by atoms with van der Waals surface area (Å²) in [5.41, 5.74) is 1.07. The van der Waals surface area contributed by atoms with Crippen LogP contribution in [0.1, 0.15) is 52.2 Å². The van der Waals surface area contributed by atoms with Gasteiger partial charge in [0.25, 0.3) is 0 Å². The molecule has 0 bridgehead atoms. The van der Waals surface area contributed by atoms with Crippen LogP contribution in [0.25, 0.3) is 0 Å². The predicted octanol–water partition coefficient (Wildman–Crippen LogP) is 3.79. The average Bonchev–Trinajstić information content (AvgIpc) is 2.88. The molecule has 2 fully saturated rings. The molecule has 120 valence electrons. The summed E-state index contributed by atoms with van der Waals surface area (Å²) < 4.78 is 13.0. The summed E-state index contributed by atoms with van der Waals surface area (Å²) in [6, 6.07) is 9.55. The Morgan fingerprint density at radius 1 is 1.23 bits per heavy atom. The van der Waals surface area contributed by atoms with Crippen LogP contribution in [0.3, 0.4) is 0 Å². The molecule has 0 N–H and O–H groups in total. The van der Waals surface area contributed by atoms with E-state index in [4.69, 9.17) is 9.47 Å². The van der Waals surface area contributed by atoms with Crippen LogP contribution in [-0.4, -0.2) is 35.2 Å². The van der Waals surface area contributed by atoms with Gasteiger partial charge in [-0.1, -0.05) is 18.2 Å². The van der Waals surface area contributed by atoms with Gasteiger partial charge in [-0.15, -0.1) is 0 Å². The normalized spacial score (nSPS) is 36.4. The molecule has 22 heavy (non-hydrogen) atoms. The van der Waals surface area contributed by atoms with Gasteiger partial charge in [-0.25, -0.2) is 0 Å². The standard InChI is InChI=1S/C19H27NO2/c1-12(2)20-10-9-17-15(20)11-14-18(21-17)13-7-5-6-8-16(13)22-19(14,3)4/h5-8,12,14-15,17-18H,9-11H2,1-4H3/t14-,15-,17-,18+/m1/s1. The van der Waals surface area contributed by atoms with E-state index in [1.807, 2.05) is 0 Å². The fourth-order valence-electron chi connectivity index (χ4n) is 4.71. The molecule has 1 aromatic carbocycles. The second-order valence-electron chi connectivity index (χ2n) is 7.87. The summed E-state index contributed by atoms with van der Waals surface area (Å²) in [5, 5.41) is 0. The average molecular weight is 301 g/mol. The third-order valence-electron chi connectivity index (χ3n) is 5.86. The molecule has 2 saturated heterocycles. The van der Waals surface area contributed by atoms with Gasteiger partial charge in [-0.05, 0) is 46.6 Å². The zero-order chi connectivity index (χ0) is 15.5. The molecule has 0 spiro atoms. The Kier molecular flexibility index (Phi) is 3.28. The van der Waals surface area contributed by atoms with Crippen LogP contribution in [-0.2, 0) is 4.74 Å². The van der Waals surface area contributed by atoms with Crippen molar-refractivity contribution in [3.05, 3.63) is 29.8 Å². The highest BCUT2D eigenvalue weighted by molar-refractivity contribution is 5.39. The first-order valence-corrected chi connectivity index (χ1v) is 8.66. The van der Waals surface area contributed by atoms with E-state index in [-0.39, 0.29) is 11.7 Å². The van der Waals surface area contributed by atoms with Crippen LogP contribution >= 0.6 is 0 Å². The third kappa shape index (κ3) is 2.10. The number of fused-ring (bicyclic) bond motifs is 4. The fourth-order valence-corrected chi connectivity index (χ4v) is 4.71. The number of likely N-dealkylation sites (tertiary alicyclic amines) is 1. The molecule has 3 aliphatic rings. The van der Waals surface area contributed by atoms with Crippen molar-refractivity contribution in [1.29, 1.82) is 0 Å². The lowest BCUT2D eigenvalue weighted by Crippen LogP contribution is -2.54. The van der Waals surface area contributed by atoms with Crippen molar-refractivity contribution in [3.8, 4) is 5.75 Å². The van der Waals surface area contributed by atoms with Crippen LogP contribution in [0.4, 0.5) is 0 Å². The Morgan fingerprint density at radius 2 is 2.00 bits per heavy atom. The number of rotatable bonds is 1. The maximum absolute atomic E-state index is 6.64. The van der Waals surface area contributed by atoms with Gasteiger partial charge in [0, 0.05) is 30.1 Å². The molecule has 0 unspecified atom stereocenters. The van der Waals surface area contributed by atoms with Crippen LogP contribution in [0, 0.1) is 5.92 Å². The summed E-state index contributed by atoms with van der Waals surface area (Å²) in [6.45, 7) is 10.2. The van der Waals surface area contributed by atoms with Crippen molar-refractivity contribution in [2.24, 2.45) is 5.92 Å². The van der Waals surface area contributed by atoms with Gasteiger partial charge in [-0.2, -0.15) is 0 Å². The molecule has 0 aliphatic carbocycles. The topological polar surface area (TPSA) is 21.7 Å². The Labute approximate surface area is 133 Å².